The first-order valence-corrected chi connectivity index (χ1v) is 7.74. The SMILES string of the molecule is CNC1CC(c2cccc(Cl)c2Cl)Oc2ccc(C)cc21. The van der Waals surface area contributed by atoms with Gasteiger partial charge in [0.15, 0.2) is 0 Å². The van der Waals surface area contributed by atoms with Crippen molar-refractivity contribution in [3.63, 3.8) is 0 Å². The average molecular weight is 322 g/mol. The molecule has 2 unspecified atom stereocenters. The van der Waals surface area contributed by atoms with E-state index in [9.17, 15) is 0 Å². The molecule has 0 saturated heterocycles. The van der Waals surface area contributed by atoms with E-state index >= 15 is 0 Å². The van der Waals surface area contributed by atoms with Gasteiger partial charge >= 0.3 is 0 Å². The molecular formula is C17H17Cl2NO. The number of ether oxygens (including phenoxy) is 1. The third-order valence-electron chi connectivity index (χ3n) is 3.94. The number of nitrogens with one attached hydrogen (secondary N) is 1. The van der Waals surface area contributed by atoms with Gasteiger partial charge in [-0.3, -0.25) is 0 Å². The largest absolute Gasteiger partial charge is 0.485 e. The normalized spacial score (nSPS) is 20.8. The van der Waals surface area contributed by atoms with E-state index in [0.29, 0.717) is 10.0 Å². The van der Waals surface area contributed by atoms with Crippen LogP contribution in [0.5, 0.6) is 5.75 Å². The van der Waals surface area contributed by atoms with Crippen molar-refractivity contribution in [2.24, 2.45) is 0 Å². The summed E-state index contributed by atoms with van der Waals surface area (Å²) in [6.07, 6.45) is 0.733. The number of benzene rings is 2. The molecule has 0 aliphatic carbocycles. The molecule has 0 bridgehead atoms. The van der Waals surface area contributed by atoms with Gasteiger partial charge in [-0.15, -0.1) is 0 Å². The van der Waals surface area contributed by atoms with E-state index in [1.165, 1.54) is 11.1 Å². The molecule has 1 aliphatic rings. The number of fused-ring (bicyclic) bond motifs is 1. The van der Waals surface area contributed by atoms with Crippen molar-refractivity contribution in [2.75, 3.05) is 7.05 Å². The Morgan fingerprint density at radius 2 is 1.95 bits per heavy atom. The Hall–Kier alpha value is -1.22. The summed E-state index contributed by atoms with van der Waals surface area (Å²) < 4.78 is 6.16. The molecule has 3 rings (SSSR count). The Bertz CT molecular complexity index is 672. The lowest BCUT2D eigenvalue weighted by atomic mass is 9.92. The molecule has 1 N–H and O–H groups in total. The first-order valence-electron chi connectivity index (χ1n) is 6.98. The van der Waals surface area contributed by atoms with Crippen LogP contribution < -0.4 is 10.1 Å². The van der Waals surface area contributed by atoms with Crippen molar-refractivity contribution < 1.29 is 4.74 Å². The minimum absolute atomic E-state index is 0.0937. The molecule has 0 spiro atoms. The number of hydrogen-bond acceptors (Lipinski definition) is 2. The van der Waals surface area contributed by atoms with Crippen LogP contribution in [0.3, 0.4) is 0 Å². The van der Waals surface area contributed by atoms with Crippen LogP contribution >= 0.6 is 23.2 Å². The average Bonchev–Trinajstić information content (AvgIpc) is 2.49. The molecule has 1 heterocycles. The molecule has 0 saturated carbocycles. The highest BCUT2D eigenvalue weighted by Crippen LogP contribution is 2.43. The van der Waals surface area contributed by atoms with Gasteiger partial charge in [0, 0.05) is 23.6 Å². The Kier molecular flexibility index (Phi) is 4.12. The summed E-state index contributed by atoms with van der Waals surface area (Å²) in [6.45, 7) is 2.09. The fraction of sp³-hybridized carbons (Fsp3) is 0.294. The molecule has 2 aromatic rings. The molecule has 21 heavy (non-hydrogen) atoms. The first-order chi connectivity index (χ1) is 10.1. The summed E-state index contributed by atoms with van der Waals surface area (Å²) in [7, 11) is 1.97. The maximum atomic E-state index is 6.34. The van der Waals surface area contributed by atoms with Gasteiger partial charge in [0.25, 0.3) is 0 Å². The minimum atomic E-state index is -0.0937. The van der Waals surface area contributed by atoms with Gasteiger partial charge in [0.1, 0.15) is 11.9 Å². The highest BCUT2D eigenvalue weighted by Gasteiger charge is 2.30. The van der Waals surface area contributed by atoms with E-state index in [-0.39, 0.29) is 12.1 Å². The molecule has 0 fully saturated rings. The number of halogens is 2. The van der Waals surface area contributed by atoms with E-state index in [1.54, 1.807) is 6.07 Å². The smallest absolute Gasteiger partial charge is 0.127 e. The second-order valence-electron chi connectivity index (χ2n) is 5.37. The highest BCUT2D eigenvalue weighted by atomic mass is 35.5. The van der Waals surface area contributed by atoms with Crippen LogP contribution in [-0.4, -0.2) is 7.05 Å². The highest BCUT2D eigenvalue weighted by molar-refractivity contribution is 6.42. The van der Waals surface area contributed by atoms with Crippen LogP contribution in [-0.2, 0) is 0 Å². The predicted octanol–water partition coefficient (Wildman–Crippen LogP) is 5.09. The molecule has 4 heteroatoms. The van der Waals surface area contributed by atoms with Crippen molar-refractivity contribution in [3.8, 4) is 5.75 Å². The molecule has 0 aromatic heterocycles. The minimum Gasteiger partial charge on any atom is -0.485 e. The Morgan fingerprint density at radius 1 is 1.14 bits per heavy atom. The molecule has 0 radical (unpaired) electrons. The van der Waals surface area contributed by atoms with Crippen LogP contribution in [0.4, 0.5) is 0 Å². The van der Waals surface area contributed by atoms with Crippen LogP contribution in [0.25, 0.3) is 0 Å². The van der Waals surface area contributed by atoms with E-state index < -0.39 is 0 Å². The molecule has 1 aliphatic heterocycles. The lowest BCUT2D eigenvalue weighted by Crippen LogP contribution is -2.27. The zero-order chi connectivity index (χ0) is 15.0. The molecular weight excluding hydrogens is 305 g/mol. The van der Waals surface area contributed by atoms with Crippen molar-refractivity contribution in [1.82, 2.24) is 5.32 Å². The van der Waals surface area contributed by atoms with Gasteiger partial charge in [0.2, 0.25) is 0 Å². The van der Waals surface area contributed by atoms with Gasteiger partial charge in [-0.05, 0) is 26.1 Å². The lowest BCUT2D eigenvalue weighted by Gasteiger charge is -2.33. The van der Waals surface area contributed by atoms with E-state index in [4.69, 9.17) is 27.9 Å². The lowest BCUT2D eigenvalue weighted by molar-refractivity contribution is 0.154. The van der Waals surface area contributed by atoms with Crippen molar-refractivity contribution in [1.29, 1.82) is 0 Å². The molecule has 2 aromatic carbocycles. The number of aryl methyl sites for hydroxylation is 1. The summed E-state index contributed by atoms with van der Waals surface area (Å²) >= 11 is 12.5. The monoisotopic (exact) mass is 321 g/mol. The summed E-state index contributed by atoms with van der Waals surface area (Å²) in [5.74, 6) is 0.909. The van der Waals surface area contributed by atoms with Gasteiger partial charge in [-0.25, -0.2) is 0 Å². The predicted molar refractivity (Wildman–Crippen MR) is 87.4 cm³/mol. The third kappa shape index (κ3) is 2.76. The Balaban J connectivity index is 2.01. The molecule has 2 atom stereocenters. The fourth-order valence-electron chi connectivity index (χ4n) is 2.82. The van der Waals surface area contributed by atoms with Gasteiger partial charge in [-0.1, -0.05) is 53.0 Å². The first kappa shape index (κ1) is 14.7. The second-order valence-corrected chi connectivity index (χ2v) is 6.15. The molecule has 0 amide bonds. The van der Waals surface area contributed by atoms with E-state index in [2.05, 4.69) is 24.4 Å². The van der Waals surface area contributed by atoms with Gasteiger partial charge < -0.3 is 10.1 Å². The Morgan fingerprint density at radius 3 is 2.71 bits per heavy atom. The van der Waals surface area contributed by atoms with Crippen molar-refractivity contribution in [3.05, 3.63) is 63.1 Å². The molecule has 110 valence electrons. The van der Waals surface area contributed by atoms with Gasteiger partial charge in [0.05, 0.1) is 10.0 Å². The van der Waals surface area contributed by atoms with Crippen LogP contribution in [0, 0.1) is 6.92 Å². The number of hydrogen-bond donors (Lipinski definition) is 1. The summed E-state index contributed by atoms with van der Waals surface area (Å²) in [4.78, 5) is 0. The molecule has 2 nitrogen and oxygen atoms in total. The topological polar surface area (TPSA) is 21.3 Å². The zero-order valence-corrected chi connectivity index (χ0v) is 13.5. The van der Waals surface area contributed by atoms with E-state index in [0.717, 1.165) is 17.7 Å². The Labute approximate surface area is 135 Å². The second kappa shape index (κ2) is 5.88. The van der Waals surface area contributed by atoms with Gasteiger partial charge in [-0.2, -0.15) is 0 Å². The number of rotatable bonds is 2. The van der Waals surface area contributed by atoms with Crippen LogP contribution in [0.15, 0.2) is 36.4 Å². The van der Waals surface area contributed by atoms with Crippen molar-refractivity contribution >= 4 is 23.2 Å². The standard InChI is InChI=1S/C17H17Cl2NO/c1-10-6-7-15-12(8-10)14(20-2)9-16(21-15)11-4-3-5-13(18)17(11)19/h3-8,14,16,20H,9H2,1-2H3. The fourth-order valence-corrected chi connectivity index (χ4v) is 3.25. The zero-order valence-electron chi connectivity index (χ0n) is 12.0. The summed E-state index contributed by atoms with van der Waals surface area (Å²) in [5, 5.41) is 4.51. The summed E-state index contributed by atoms with van der Waals surface area (Å²) in [6, 6.07) is 12.2. The van der Waals surface area contributed by atoms with E-state index in [1.807, 2.05) is 25.2 Å². The van der Waals surface area contributed by atoms with Crippen molar-refractivity contribution in [2.45, 2.75) is 25.5 Å². The maximum absolute atomic E-state index is 6.34. The third-order valence-corrected chi connectivity index (χ3v) is 4.77. The van der Waals surface area contributed by atoms with Crippen LogP contribution in [0.2, 0.25) is 10.0 Å². The quantitative estimate of drug-likeness (QED) is 0.832. The summed E-state index contributed by atoms with van der Waals surface area (Å²) in [5.41, 5.74) is 3.37. The maximum Gasteiger partial charge on any atom is 0.127 e. The van der Waals surface area contributed by atoms with Crippen LogP contribution in [0.1, 0.15) is 35.3 Å².